The first-order valence-corrected chi connectivity index (χ1v) is 15.0. The summed E-state index contributed by atoms with van der Waals surface area (Å²) in [5.41, 5.74) is 12.8. The lowest BCUT2D eigenvalue weighted by Gasteiger charge is -2.40. The lowest BCUT2D eigenvalue weighted by atomic mass is 9.65. The normalized spacial score (nSPS) is 15.8. The van der Waals surface area contributed by atoms with Gasteiger partial charge in [-0.2, -0.15) is 0 Å². The number of nitrogens with zero attached hydrogens (tertiary/aromatic N) is 4. The third-order valence-corrected chi connectivity index (χ3v) is 9.48. The highest BCUT2D eigenvalue weighted by atomic mass is 15.0. The summed E-state index contributed by atoms with van der Waals surface area (Å²) < 4.78 is 2.46. The standard InChI is InChI=1S/C40H24N4/c1-2-12-25(13-3-1)39-42-36(26-14-11-23-41-24-26)35-37(43-39)29-16-4-6-18-30(29)40(35)31-19-7-9-22-34(31)44-33-21-8-5-15-27(33)28-17-10-20-32(40)38(28)44/h1-24H. The Kier molecular flexibility index (Phi) is 4.62. The molecule has 44 heavy (non-hydrogen) atoms. The van der Waals surface area contributed by atoms with Gasteiger partial charge in [0.15, 0.2) is 5.82 Å². The minimum absolute atomic E-state index is 0.632. The van der Waals surface area contributed by atoms with Gasteiger partial charge in [0, 0.05) is 45.4 Å². The van der Waals surface area contributed by atoms with Crippen molar-refractivity contribution < 1.29 is 0 Å². The van der Waals surface area contributed by atoms with Gasteiger partial charge in [-0.15, -0.1) is 0 Å². The van der Waals surface area contributed by atoms with E-state index in [1.165, 1.54) is 44.2 Å². The van der Waals surface area contributed by atoms with Crippen LogP contribution in [0.3, 0.4) is 0 Å². The van der Waals surface area contributed by atoms with E-state index in [2.05, 4.69) is 119 Å². The van der Waals surface area contributed by atoms with Crippen LogP contribution < -0.4 is 0 Å². The quantitative estimate of drug-likeness (QED) is 0.212. The lowest BCUT2D eigenvalue weighted by molar-refractivity contribution is 0.744. The maximum absolute atomic E-state index is 5.40. The summed E-state index contributed by atoms with van der Waals surface area (Å²) in [6.07, 6.45) is 3.75. The number of rotatable bonds is 2. The zero-order chi connectivity index (χ0) is 28.8. The zero-order valence-electron chi connectivity index (χ0n) is 23.6. The number of hydrogen-bond acceptors (Lipinski definition) is 3. The molecule has 1 aliphatic heterocycles. The topological polar surface area (TPSA) is 43.6 Å². The highest BCUT2D eigenvalue weighted by Crippen LogP contribution is 2.62. The maximum atomic E-state index is 5.40. The van der Waals surface area contributed by atoms with Gasteiger partial charge in [0.1, 0.15) is 0 Å². The second kappa shape index (κ2) is 8.59. The second-order valence-electron chi connectivity index (χ2n) is 11.6. The van der Waals surface area contributed by atoms with E-state index < -0.39 is 5.41 Å². The number of hydrogen-bond donors (Lipinski definition) is 0. The lowest BCUT2D eigenvalue weighted by Crippen LogP contribution is -2.34. The Morgan fingerprint density at radius 2 is 1.23 bits per heavy atom. The summed E-state index contributed by atoms with van der Waals surface area (Å²) in [4.78, 5) is 15.3. The van der Waals surface area contributed by atoms with Crippen LogP contribution in [-0.2, 0) is 5.41 Å². The van der Waals surface area contributed by atoms with Crippen molar-refractivity contribution in [3.63, 3.8) is 0 Å². The molecule has 10 rings (SSSR count). The Bertz CT molecular complexity index is 2440. The Hall–Kier alpha value is -5.87. The van der Waals surface area contributed by atoms with Crippen molar-refractivity contribution >= 4 is 21.8 Å². The SMILES string of the molecule is c1ccc(-c2nc(-c3cccnc3)c3c(n2)-c2ccccc2C32c3ccccc3-n3c4ccccc4c4cccc2c43)cc1. The maximum Gasteiger partial charge on any atom is 0.160 e. The van der Waals surface area contributed by atoms with E-state index in [1.54, 1.807) is 0 Å². The number of para-hydroxylation sites is 3. The minimum Gasteiger partial charge on any atom is -0.309 e. The van der Waals surface area contributed by atoms with Crippen LogP contribution in [-0.4, -0.2) is 19.5 Å². The zero-order valence-corrected chi connectivity index (χ0v) is 23.6. The fourth-order valence-electron chi connectivity index (χ4n) is 7.85. The van der Waals surface area contributed by atoms with Crippen LogP contribution in [0, 0.1) is 0 Å². The van der Waals surface area contributed by atoms with Gasteiger partial charge in [-0.1, -0.05) is 109 Å². The summed E-state index contributed by atoms with van der Waals surface area (Å²) in [6.45, 7) is 0. The molecule has 0 fully saturated rings. The third-order valence-electron chi connectivity index (χ3n) is 9.48. The molecule has 0 saturated heterocycles. The molecule has 4 heterocycles. The molecule has 0 radical (unpaired) electrons. The van der Waals surface area contributed by atoms with Crippen molar-refractivity contribution in [1.29, 1.82) is 0 Å². The highest BCUT2D eigenvalue weighted by molar-refractivity contribution is 6.13. The molecule has 0 amide bonds. The van der Waals surface area contributed by atoms with Crippen molar-refractivity contribution in [3.8, 4) is 39.6 Å². The Labute approximate surface area is 254 Å². The number of aromatic nitrogens is 4. The second-order valence-corrected chi connectivity index (χ2v) is 11.6. The van der Waals surface area contributed by atoms with Crippen molar-refractivity contribution in [2.24, 2.45) is 0 Å². The molecule has 1 unspecified atom stereocenters. The molecule has 5 aromatic carbocycles. The van der Waals surface area contributed by atoms with Gasteiger partial charge in [-0.05, 0) is 41.0 Å². The average molecular weight is 561 g/mol. The number of fused-ring (bicyclic) bond motifs is 12. The van der Waals surface area contributed by atoms with Crippen molar-refractivity contribution in [1.82, 2.24) is 19.5 Å². The van der Waals surface area contributed by atoms with Crippen LogP contribution in [0.4, 0.5) is 0 Å². The molecule has 2 aliphatic rings. The van der Waals surface area contributed by atoms with Gasteiger partial charge in [0.2, 0.25) is 0 Å². The van der Waals surface area contributed by atoms with Gasteiger partial charge in [0.25, 0.3) is 0 Å². The summed E-state index contributed by atoms with van der Waals surface area (Å²) in [7, 11) is 0. The van der Waals surface area contributed by atoms with Crippen molar-refractivity contribution in [2.75, 3.05) is 0 Å². The van der Waals surface area contributed by atoms with E-state index in [-0.39, 0.29) is 0 Å². The van der Waals surface area contributed by atoms with Crippen LogP contribution in [0.15, 0.2) is 146 Å². The first-order chi connectivity index (χ1) is 21.9. The van der Waals surface area contributed by atoms with E-state index in [9.17, 15) is 0 Å². The molecule has 8 aromatic rings. The Morgan fingerprint density at radius 1 is 0.523 bits per heavy atom. The minimum atomic E-state index is -0.632. The molecule has 0 bridgehead atoms. The van der Waals surface area contributed by atoms with Crippen LogP contribution in [0.5, 0.6) is 0 Å². The van der Waals surface area contributed by atoms with E-state index in [1.807, 2.05) is 36.7 Å². The van der Waals surface area contributed by atoms with Gasteiger partial charge >= 0.3 is 0 Å². The average Bonchev–Trinajstić information content (AvgIpc) is 3.60. The molecule has 1 spiro atoms. The van der Waals surface area contributed by atoms with Crippen molar-refractivity contribution in [3.05, 3.63) is 168 Å². The predicted molar refractivity (Wildman–Crippen MR) is 176 cm³/mol. The number of benzene rings is 5. The summed E-state index contributed by atoms with van der Waals surface area (Å²) in [5.74, 6) is 0.714. The van der Waals surface area contributed by atoms with Crippen LogP contribution in [0.2, 0.25) is 0 Å². The van der Waals surface area contributed by atoms with Crippen LogP contribution in [0.25, 0.3) is 61.4 Å². The molecule has 3 aromatic heterocycles. The molecule has 0 saturated carbocycles. The molecule has 204 valence electrons. The van der Waals surface area contributed by atoms with Crippen LogP contribution in [0.1, 0.15) is 22.3 Å². The van der Waals surface area contributed by atoms with Gasteiger partial charge in [0.05, 0.1) is 33.5 Å². The molecular formula is C40H24N4. The van der Waals surface area contributed by atoms with E-state index in [4.69, 9.17) is 9.97 Å². The molecule has 1 aliphatic carbocycles. The summed E-state index contributed by atoms with van der Waals surface area (Å²) >= 11 is 0. The smallest absolute Gasteiger partial charge is 0.160 e. The largest absolute Gasteiger partial charge is 0.309 e. The van der Waals surface area contributed by atoms with E-state index >= 15 is 0 Å². The number of pyridine rings is 1. The first-order valence-electron chi connectivity index (χ1n) is 15.0. The summed E-state index contributed by atoms with van der Waals surface area (Å²) in [6, 6.07) is 47.6. The molecule has 0 N–H and O–H groups in total. The fourth-order valence-corrected chi connectivity index (χ4v) is 7.85. The molecular weight excluding hydrogens is 536 g/mol. The van der Waals surface area contributed by atoms with E-state index in [0.29, 0.717) is 5.82 Å². The fraction of sp³-hybridized carbons (Fsp3) is 0.0250. The highest BCUT2D eigenvalue weighted by Gasteiger charge is 2.53. The van der Waals surface area contributed by atoms with E-state index in [0.717, 1.165) is 33.6 Å². The van der Waals surface area contributed by atoms with Gasteiger partial charge in [-0.25, -0.2) is 9.97 Å². The Balaban J connectivity index is 1.45. The molecule has 4 nitrogen and oxygen atoms in total. The monoisotopic (exact) mass is 560 g/mol. The molecule has 1 atom stereocenters. The predicted octanol–water partition coefficient (Wildman–Crippen LogP) is 8.98. The molecule has 4 heteroatoms. The van der Waals surface area contributed by atoms with Crippen molar-refractivity contribution in [2.45, 2.75) is 5.41 Å². The first kappa shape index (κ1) is 23.7. The Morgan fingerprint density at radius 3 is 2.11 bits per heavy atom. The van der Waals surface area contributed by atoms with Gasteiger partial charge < -0.3 is 4.57 Å². The van der Waals surface area contributed by atoms with Crippen LogP contribution >= 0.6 is 0 Å². The summed E-state index contributed by atoms with van der Waals surface area (Å²) in [5, 5.41) is 2.51. The third kappa shape index (κ3) is 2.85. The van der Waals surface area contributed by atoms with Gasteiger partial charge in [-0.3, -0.25) is 4.98 Å².